The molecule has 0 saturated heterocycles. The fraction of sp³-hybridized carbons (Fsp3) is 0. The van der Waals surface area contributed by atoms with Gasteiger partial charge in [-0.2, -0.15) is 0 Å². The summed E-state index contributed by atoms with van der Waals surface area (Å²) in [4.78, 5) is 48.2. The fourth-order valence-electron chi connectivity index (χ4n) is 5.86. The second kappa shape index (κ2) is 10.5. The van der Waals surface area contributed by atoms with Gasteiger partial charge in [0.15, 0.2) is 23.3 Å². The maximum atomic E-state index is 12.2. The van der Waals surface area contributed by atoms with E-state index in [0.717, 1.165) is 51.6 Å². The van der Waals surface area contributed by atoms with Crippen LogP contribution in [0.1, 0.15) is 10.4 Å². The van der Waals surface area contributed by atoms with Crippen LogP contribution in [0.5, 0.6) is 0 Å². The number of hydrogen-bond donors (Lipinski definition) is 3. The first kappa shape index (κ1) is 26.9. The van der Waals surface area contributed by atoms with Crippen LogP contribution >= 0.6 is 0 Å². The normalized spacial score (nSPS) is 11.5. The van der Waals surface area contributed by atoms with Gasteiger partial charge in [-0.25, -0.2) is 29.9 Å². The van der Waals surface area contributed by atoms with Gasteiger partial charge in [0.2, 0.25) is 0 Å². The van der Waals surface area contributed by atoms with Crippen LogP contribution < -0.4 is 9.58 Å². The summed E-state index contributed by atoms with van der Waals surface area (Å²) < 4.78 is 4.62. The predicted octanol–water partition coefficient (Wildman–Crippen LogP) is 4.64. The molecule has 2 aliphatic heterocycles. The number of rotatable bonds is 1. The summed E-state index contributed by atoms with van der Waals surface area (Å²) >= 11 is 0.875. The minimum absolute atomic E-state index is 0.00581. The Kier molecular flexibility index (Phi) is 6.26. The van der Waals surface area contributed by atoms with Crippen LogP contribution in [0.3, 0.4) is 0 Å². The zero-order valence-corrected chi connectivity index (χ0v) is 26.4. The van der Waals surface area contributed by atoms with Crippen molar-refractivity contribution in [3.05, 3.63) is 96.6 Å². The molecular formula is C33H19N9O2Zn. The van der Waals surface area contributed by atoms with Crippen molar-refractivity contribution in [3.8, 4) is 45.6 Å². The van der Waals surface area contributed by atoms with Crippen LogP contribution in [0.2, 0.25) is 0 Å². The number of carbonyl (C=O) groups excluding carboxylic acids is 1. The first-order chi connectivity index (χ1) is 22.1. The first-order valence-corrected chi connectivity index (χ1v) is 15.7. The van der Waals surface area contributed by atoms with E-state index < -0.39 is 5.97 Å². The van der Waals surface area contributed by atoms with Gasteiger partial charge in [-0.05, 0) is 0 Å². The molecule has 0 amide bonds. The second-order valence-corrected chi connectivity index (χ2v) is 10.3. The quantitative estimate of drug-likeness (QED) is 0.216. The van der Waals surface area contributed by atoms with E-state index in [2.05, 4.69) is 14.4 Å². The van der Waals surface area contributed by atoms with Gasteiger partial charge in [0.1, 0.15) is 22.6 Å². The van der Waals surface area contributed by atoms with E-state index in [1.54, 1.807) is 12.1 Å². The average molecular weight is 639 g/mol. The molecule has 9 rings (SSSR count). The molecule has 8 bridgehead atoms. The summed E-state index contributed by atoms with van der Waals surface area (Å²) in [6, 6.07) is 28.2. The van der Waals surface area contributed by atoms with Crippen molar-refractivity contribution in [2.75, 3.05) is 0 Å². The second-order valence-electron chi connectivity index (χ2n) is 10.3. The van der Waals surface area contributed by atoms with E-state index >= 15 is 0 Å². The third-order valence-corrected chi connectivity index (χ3v) is 7.80. The van der Waals surface area contributed by atoms with Crippen molar-refractivity contribution in [1.29, 1.82) is 0 Å². The van der Waals surface area contributed by atoms with Crippen molar-refractivity contribution in [3.63, 3.8) is 0 Å². The van der Waals surface area contributed by atoms with Gasteiger partial charge >= 0.3 is 23.0 Å². The zero-order valence-electron chi connectivity index (χ0n) is 23.4. The Labute approximate surface area is 264 Å². The number of carbonyl (C=O) groups is 1. The molecule has 4 aromatic carbocycles. The van der Waals surface area contributed by atoms with E-state index in [4.69, 9.17) is 29.9 Å². The number of aromatic carboxylic acids is 1. The van der Waals surface area contributed by atoms with E-state index in [-0.39, 0.29) is 5.56 Å². The van der Waals surface area contributed by atoms with Crippen molar-refractivity contribution in [2.45, 2.75) is 0 Å². The summed E-state index contributed by atoms with van der Waals surface area (Å²) in [5.41, 5.74) is 5.11. The number of aromatic nitrogens is 8. The van der Waals surface area contributed by atoms with Crippen LogP contribution in [0.4, 0.5) is 0 Å². The number of benzene rings is 4. The number of carboxylic acids is 1. The number of hydrogen-bond acceptors (Lipinski definition) is 9. The number of nitrogens with two attached hydrogens (primary N) is 1. The standard InChI is InChI=1S/C33H18N8O2.H2N.Zn/c42-33(43)23-15-7-14-22-24(23)32-40-30-21-13-6-5-12-20(21)28(38-30)36-26-17-9-2-1-8-16(17)25(34-26)35-27-18-10-3-4-11-19(18)29(37-27)39-31(22)41-32;;/h1-15H,(H,42,43)(H2,34,35,36,37,38,39,40,41);1H2;/q;-1;+2/p-1. The SMILES string of the molecule is O=C([O-])c1cccc2c3nc4nc(nc5[nH]c(nc6nc(nc([nH]3)c12)-c1ccccc1-6)c1ccccc51)-c1ccccc1-4.[NH2][Zn+]. The molecule has 0 radical (unpaired) electrons. The minimum atomic E-state index is -1.32. The monoisotopic (exact) mass is 637 g/mol. The van der Waals surface area contributed by atoms with Crippen LogP contribution in [-0.4, -0.2) is 45.8 Å². The van der Waals surface area contributed by atoms with Crippen LogP contribution in [0.15, 0.2) is 91.0 Å². The molecule has 0 aliphatic carbocycles. The van der Waals surface area contributed by atoms with E-state index in [0.29, 0.717) is 56.7 Å². The third kappa shape index (κ3) is 4.22. The Bertz CT molecular complexity index is 2520. The summed E-state index contributed by atoms with van der Waals surface area (Å²) in [6.07, 6.45) is 0. The molecule has 210 valence electrons. The molecular weight excluding hydrogens is 620 g/mol. The van der Waals surface area contributed by atoms with Gasteiger partial charge in [-0.3, -0.25) is 0 Å². The van der Waals surface area contributed by atoms with E-state index in [1.165, 1.54) is 6.07 Å². The van der Waals surface area contributed by atoms with E-state index in [1.807, 2.05) is 72.8 Å². The Hall–Kier alpha value is -5.71. The number of aromatic amines is 2. The Balaban J connectivity index is 0.00000147. The van der Waals surface area contributed by atoms with Crippen LogP contribution in [0.25, 0.3) is 89.7 Å². The number of nitrogens with zero attached hydrogens (tertiary/aromatic N) is 6. The number of carboxylic acid groups (broad SMARTS) is 1. The summed E-state index contributed by atoms with van der Waals surface area (Å²) in [6.45, 7) is 0. The van der Waals surface area contributed by atoms with Crippen molar-refractivity contribution in [2.24, 2.45) is 4.48 Å². The molecule has 0 atom stereocenters. The molecule has 7 aromatic rings. The van der Waals surface area contributed by atoms with Gasteiger partial charge in [-0.1, -0.05) is 91.0 Å². The van der Waals surface area contributed by atoms with Gasteiger partial charge in [0, 0.05) is 49.4 Å². The fourth-order valence-corrected chi connectivity index (χ4v) is 5.86. The molecule has 0 spiro atoms. The molecule has 11 nitrogen and oxygen atoms in total. The molecule has 5 heterocycles. The molecule has 2 aliphatic rings. The van der Waals surface area contributed by atoms with E-state index in [9.17, 15) is 9.90 Å². The third-order valence-electron chi connectivity index (χ3n) is 7.80. The summed E-state index contributed by atoms with van der Waals surface area (Å²) in [7, 11) is 0. The molecule has 0 saturated carbocycles. The Morgan fingerprint density at radius 2 is 0.889 bits per heavy atom. The predicted molar refractivity (Wildman–Crippen MR) is 165 cm³/mol. The number of H-pyrrole nitrogens is 2. The summed E-state index contributed by atoms with van der Waals surface area (Å²) in [5, 5.41) is 14.9. The van der Waals surface area contributed by atoms with Gasteiger partial charge in [0.05, 0.1) is 5.97 Å². The van der Waals surface area contributed by atoms with Gasteiger partial charge < -0.3 is 19.9 Å². The number of fused-ring (bicyclic) bond motifs is 20. The molecule has 0 fully saturated rings. The Morgan fingerprint density at radius 3 is 1.36 bits per heavy atom. The molecule has 45 heavy (non-hydrogen) atoms. The van der Waals surface area contributed by atoms with Gasteiger partial charge in [0.25, 0.3) is 0 Å². The van der Waals surface area contributed by atoms with Crippen molar-refractivity contribution >= 4 is 50.1 Å². The molecule has 3 aromatic heterocycles. The van der Waals surface area contributed by atoms with Gasteiger partial charge in [-0.15, -0.1) is 0 Å². The zero-order chi connectivity index (χ0) is 30.7. The van der Waals surface area contributed by atoms with Crippen molar-refractivity contribution < 1.29 is 28.4 Å². The molecule has 0 unspecified atom stereocenters. The maximum absolute atomic E-state index is 12.2. The Morgan fingerprint density at radius 1 is 0.511 bits per heavy atom. The molecule has 4 N–H and O–H groups in total. The van der Waals surface area contributed by atoms with Crippen molar-refractivity contribution in [1.82, 2.24) is 39.9 Å². The number of nitrogens with one attached hydrogen (secondary N) is 2. The topological polar surface area (TPSA) is 175 Å². The van der Waals surface area contributed by atoms with Crippen LogP contribution in [-0.2, 0) is 18.5 Å². The summed E-state index contributed by atoms with van der Waals surface area (Å²) in [5.74, 6) is 0.483. The average Bonchev–Trinajstić information content (AvgIpc) is 3.81. The molecule has 12 heteroatoms. The van der Waals surface area contributed by atoms with Crippen LogP contribution in [0, 0.1) is 0 Å². The first-order valence-electron chi connectivity index (χ1n) is 14.0.